The van der Waals surface area contributed by atoms with Crippen molar-refractivity contribution in [2.24, 2.45) is 5.92 Å². The highest BCUT2D eigenvalue weighted by molar-refractivity contribution is 4.67. The molecule has 0 aliphatic rings. The van der Waals surface area contributed by atoms with Gasteiger partial charge in [-0.05, 0) is 26.3 Å². The van der Waals surface area contributed by atoms with Gasteiger partial charge >= 0.3 is 0 Å². The van der Waals surface area contributed by atoms with E-state index in [0.29, 0.717) is 18.1 Å². The summed E-state index contributed by atoms with van der Waals surface area (Å²) in [5, 5.41) is 3.27. The zero-order valence-electron chi connectivity index (χ0n) is 9.76. The van der Waals surface area contributed by atoms with Gasteiger partial charge < -0.3 is 10.1 Å². The van der Waals surface area contributed by atoms with Crippen LogP contribution in [-0.4, -0.2) is 25.8 Å². The van der Waals surface area contributed by atoms with E-state index >= 15 is 0 Å². The zero-order chi connectivity index (χ0) is 10.3. The summed E-state index contributed by atoms with van der Waals surface area (Å²) in [5.74, 6) is 0.638. The molecule has 0 bridgehead atoms. The van der Waals surface area contributed by atoms with E-state index in [4.69, 9.17) is 4.74 Å². The van der Waals surface area contributed by atoms with Crippen LogP contribution in [0.3, 0.4) is 0 Å². The molecule has 0 amide bonds. The number of hydrogen-bond donors (Lipinski definition) is 1. The Morgan fingerprint density at radius 3 is 2.23 bits per heavy atom. The van der Waals surface area contributed by atoms with Crippen LogP contribution >= 0.6 is 0 Å². The molecule has 0 heterocycles. The average molecular weight is 187 g/mol. The van der Waals surface area contributed by atoms with Crippen molar-refractivity contribution in [3.05, 3.63) is 0 Å². The topological polar surface area (TPSA) is 21.3 Å². The Morgan fingerprint density at radius 1 is 1.23 bits per heavy atom. The van der Waals surface area contributed by atoms with Crippen molar-refractivity contribution in [1.82, 2.24) is 5.32 Å². The first-order valence-electron chi connectivity index (χ1n) is 5.40. The van der Waals surface area contributed by atoms with Gasteiger partial charge in [-0.3, -0.25) is 0 Å². The molecule has 2 unspecified atom stereocenters. The van der Waals surface area contributed by atoms with E-state index in [1.165, 1.54) is 6.42 Å². The van der Waals surface area contributed by atoms with Crippen molar-refractivity contribution >= 4 is 0 Å². The maximum atomic E-state index is 5.73. The van der Waals surface area contributed by atoms with Crippen molar-refractivity contribution in [2.45, 2.75) is 52.7 Å². The Labute approximate surface area is 83.1 Å². The minimum absolute atomic E-state index is 0.402. The largest absolute Gasteiger partial charge is 0.377 e. The van der Waals surface area contributed by atoms with Crippen LogP contribution in [0, 0.1) is 5.92 Å². The molecule has 0 aromatic heterocycles. The molecule has 0 rings (SSSR count). The van der Waals surface area contributed by atoms with Gasteiger partial charge in [0.05, 0.1) is 12.7 Å². The quantitative estimate of drug-likeness (QED) is 0.661. The highest BCUT2D eigenvalue weighted by Gasteiger charge is 2.12. The van der Waals surface area contributed by atoms with E-state index in [1.807, 2.05) is 7.05 Å². The standard InChI is InChI=1S/C11H25NO/c1-6-7-10(4)13-8-11(12-5)9(2)3/h9-12H,6-8H2,1-5H3. The second-order valence-corrected chi connectivity index (χ2v) is 4.07. The van der Waals surface area contributed by atoms with Crippen LogP contribution in [0.2, 0.25) is 0 Å². The minimum Gasteiger partial charge on any atom is -0.377 e. The predicted molar refractivity (Wildman–Crippen MR) is 58.0 cm³/mol. The van der Waals surface area contributed by atoms with Crippen molar-refractivity contribution in [2.75, 3.05) is 13.7 Å². The van der Waals surface area contributed by atoms with Crippen LogP contribution < -0.4 is 5.32 Å². The van der Waals surface area contributed by atoms with Crippen molar-refractivity contribution < 1.29 is 4.74 Å². The predicted octanol–water partition coefficient (Wildman–Crippen LogP) is 2.44. The van der Waals surface area contributed by atoms with Crippen LogP contribution in [0.1, 0.15) is 40.5 Å². The maximum absolute atomic E-state index is 5.73. The van der Waals surface area contributed by atoms with E-state index in [2.05, 4.69) is 33.0 Å². The second kappa shape index (κ2) is 7.34. The van der Waals surface area contributed by atoms with Gasteiger partial charge in [-0.1, -0.05) is 27.2 Å². The van der Waals surface area contributed by atoms with Gasteiger partial charge in [0.25, 0.3) is 0 Å². The average Bonchev–Trinajstić information content (AvgIpc) is 2.05. The van der Waals surface area contributed by atoms with Gasteiger partial charge in [0.15, 0.2) is 0 Å². The summed E-state index contributed by atoms with van der Waals surface area (Å²) in [4.78, 5) is 0. The fraction of sp³-hybridized carbons (Fsp3) is 1.00. The lowest BCUT2D eigenvalue weighted by atomic mass is 10.1. The molecule has 13 heavy (non-hydrogen) atoms. The fourth-order valence-electron chi connectivity index (χ4n) is 1.37. The highest BCUT2D eigenvalue weighted by Crippen LogP contribution is 2.06. The lowest BCUT2D eigenvalue weighted by Gasteiger charge is -2.22. The summed E-state index contributed by atoms with van der Waals surface area (Å²) in [7, 11) is 2.00. The molecule has 0 aromatic rings. The summed E-state index contributed by atoms with van der Waals surface area (Å²) in [6.45, 7) is 9.60. The summed E-state index contributed by atoms with van der Waals surface area (Å²) in [5.41, 5.74) is 0. The first-order chi connectivity index (χ1) is 6.11. The van der Waals surface area contributed by atoms with E-state index < -0.39 is 0 Å². The Hall–Kier alpha value is -0.0800. The molecule has 2 heteroatoms. The summed E-state index contributed by atoms with van der Waals surface area (Å²) in [6.07, 6.45) is 2.77. The number of likely N-dealkylation sites (N-methyl/N-ethyl adjacent to an activating group) is 1. The fourth-order valence-corrected chi connectivity index (χ4v) is 1.37. The van der Waals surface area contributed by atoms with Crippen LogP contribution in [0.4, 0.5) is 0 Å². The van der Waals surface area contributed by atoms with Crippen molar-refractivity contribution in [1.29, 1.82) is 0 Å². The molecule has 0 aliphatic heterocycles. The van der Waals surface area contributed by atoms with E-state index in [0.717, 1.165) is 13.0 Å². The molecule has 0 saturated heterocycles. The normalized spacial score (nSPS) is 16.2. The van der Waals surface area contributed by atoms with Crippen molar-refractivity contribution in [3.63, 3.8) is 0 Å². The first-order valence-corrected chi connectivity index (χ1v) is 5.40. The number of ether oxygens (including phenoxy) is 1. The highest BCUT2D eigenvalue weighted by atomic mass is 16.5. The summed E-state index contributed by atoms with van der Waals surface area (Å²) in [6, 6.07) is 0.485. The molecule has 2 nitrogen and oxygen atoms in total. The third-order valence-corrected chi connectivity index (χ3v) is 2.43. The maximum Gasteiger partial charge on any atom is 0.0625 e. The lowest BCUT2D eigenvalue weighted by Crippen LogP contribution is -2.36. The van der Waals surface area contributed by atoms with Crippen LogP contribution in [-0.2, 0) is 4.74 Å². The van der Waals surface area contributed by atoms with Gasteiger partial charge in [0.1, 0.15) is 0 Å². The van der Waals surface area contributed by atoms with Crippen LogP contribution in [0.25, 0.3) is 0 Å². The van der Waals surface area contributed by atoms with Gasteiger partial charge in [-0.15, -0.1) is 0 Å². The number of hydrogen-bond acceptors (Lipinski definition) is 2. The smallest absolute Gasteiger partial charge is 0.0625 e. The molecule has 1 N–H and O–H groups in total. The molecule has 0 spiro atoms. The van der Waals surface area contributed by atoms with Gasteiger partial charge in [-0.2, -0.15) is 0 Å². The Bertz CT molecular complexity index is 115. The van der Waals surface area contributed by atoms with Gasteiger partial charge in [0.2, 0.25) is 0 Å². The van der Waals surface area contributed by atoms with Crippen LogP contribution in [0.15, 0.2) is 0 Å². The Balaban J connectivity index is 3.59. The Morgan fingerprint density at radius 2 is 1.85 bits per heavy atom. The molecule has 0 radical (unpaired) electrons. The third kappa shape index (κ3) is 6.05. The van der Waals surface area contributed by atoms with E-state index in [-0.39, 0.29) is 0 Å². The summed E-state index contributed by atoms with van der Waals surface area (Å²) < 4.78 is 5.73. The molecule has 0 aliphatic carbocycles. The van der Waals surface area contributed by atoms with Crippen molar-refractivity contribution in [3.8, 4) is 0 Å². The number of rotatable bonds is 7. The Kier molecular flexibility index (Phi) is 7.29. The molecular formula is C11H25NO. The second-order valence-electron chi connectivity index (χ2n) is 4.07. The monoisotopic (exact) mass is 187 g/mol. The molecule has 0 saturated carbocycles. The molecule has 80 valence electrons. The first kappa shape index (κ1) is 12.9. The van der Waals surface area contributed by atoms with Gasteiger partial charge in [-0.25, -0.2) is 0 Å². The van der Waals surface area contributed by atoms with E-state index in [9.17, 15) is 0 Å². The molecule has 0 aromatic carbocycles. The lowest BCUT2D eigenvalue weighted by molar-refractivity contribution is 0.0375. The molecule has 0 fully saturated rings. The third-order valence-electron chi connectivity index (χ3n) is 2.43. The van der Waals surface area contributed by atoms with Gasteiger partial charge in [0, 0.05) is 6.04 Å². The van der Waals surface area contributed by atoms with E-state index in [1.54, 1.807) is 0 Å². The molecule has 2 atom stereocenters. The number of nitrogens with one attached hydrogen (secondary N) is 1. The summed E-state index contributed by atoms with van der Waals surface area (Å²) >= 11 is 0. The van der Waals surface area contributed by atoms with Crippen LogP contribution in [0.5, 0.6) is 0 Å². The SMILES string of the molecule is CCCC(C)OCC(NC)C(C)C. The minimum atomic E-state index is 0.402. The zero-order valence-corrected chi connectivity index (χ0v) is 9.76. The molecular weight excluding hydrogens is 162 g/mol.